The van der Waals surface area contributed by atoms with Gasteiger partial charge in [-0.2, -0.15) is 0 Å². The van der Waals surface area contributed by atoms with E-state index in [1.54, 1.807) is 37.4 Å². The van der Waals surface area contributed by atoms with Crippen LogP contribution in [0.1, 0.15) is 15.9 Å². The highest BCUT2D eigenvalue weighted by atomic mass is 79.9. The maximum absolute atomic E-state index is 12.3. The molecule has 0 saturated carbocycles. The summed E-state index contributed by atoms with van der Waals surface area (Å²) in [6, 6.07) is 12.6. The van der Waals surface area contributed by atoms with Crippen LogP contribution in [0.2, 0.25) is 0 Å². The summed E-state index contributed by atoms with van der Waals surface area (Å²) in [5.41, 5.74) is 1.28. The number of rotatable bonds is 3. The standard InChI is InChI=1S/C14H10Br2O2/c1-18-11-5-2-9(3-6-11)14(17)12-7-4-10(15)8-13(12)16/h2-8H,1H3. The van der Waals surface area contributed by atoms with Crippen molar-refractivity contribution in [2.24, 2.45) is 0 Å². The number of carbonyl (C=O) groups excluding carboxylic acids is 1. The molecule has 0 heterocycles. The van der Waals surface area contributed by atoms with Crippen molar-refractivity contribution in [3.63, 3.8) is 0 Å². The fourth-order valence-corrected chi connectivity index (χ4v) is 2.80. The zero-order chi connectivity index (χ0) is 13.1. The molecule has 0 aliphatic carbocycles. The third kappa shape index (κ3) is 2.82. The molecule has 0 radical (unpaired) electrons. The molecule has 2 aromatic rings. The van der Waals surface area contributed by atoms with Crippen molar-refractivity contribution < 1.29 is 9.53 Å². The van der Waals surface area contributed by atoms with E-state index in [-0.39, 0.29) is 5.78 Å². The summed E-state index contributed by atoms with van der Waals surface area (Å²) < 4.78 is 6.77. The van der Waals surface area contributed by atoms with E-state index in [4.69, 9.17) is 4.74 Å². The quantitative estimate of drug-likeness (QED) is 0.747. The molecular weight excluding hydrogens is 360 g/mol. The highest BCUT2D eigenvalue weighted by molar-refractivity contribution is 9.11. The predicted molar refractivity (Wildman–Crippen MR) is 78.3 cm³/mol. The minimum Gasteiger partial charge on any atom is -0.497 e. The van der Waals surface area contributed by atoms with Gasteiger partial charge < -0.3 is 4.74 Å². The molecule has 0 saturated heterocycles. The molecule has 0 spiro atoms. The molecule has 0 N–H and O–H groups in total. The monoisotopic (exact) mass is 368 g/mol. The van der Waals surface area contributed by atoms with Crippen molar-refractivity contribution in [1.82, 2.24) is 0 Å². The molecule has 0 bridgehead atoms. The first kappa shape index (κ1) is 13.3. The van der Waals surface area contributed by atoms with Crippen LogP contribution < -0.4 is 4.74 Å². The zero-order valence-corrected chi connectivity index (χ0v) is 12.8. The number of benzene rings is 2. The number of carbonyl (C=O) groups is 1. The number of hydrogen-bond donors (Lipinski definition) is 0. The Balaban J connectivity index is 2.35. The van der Waals surface area contributed by atoms with E-state index in [2.05, 4.69) is 31.9 Å². The Bertz CT molecular complexity index is 577. The molecule has 0 atom stereocenters. The lowest BCUT2D eigenvalue weighted by Gasteiger charge is -2.05. The molecule has 2 aromatic carbocycles. The second-order valence-corrected chi connectivity index (χ2v) is 5.45. The van der Waals surface area contributed by atoms with E-state index in [1.165, 1.54) is 0 Å². The van der Waals surface area contributed by atoms with E-state index in [9.17, 15) is 4.79 Å². The maximum Gasteiger partial charge on any atom is 0.194 e. The van der Waals surface area contributed by atoms with Crippen LogP contribution in [0.4, 0.5) is 0 Å². The van der Waals surface area contributed by atoms with Gasteiger partial charge in [-0.15, -0.1) is 0 Å². The highest BCUT2D eigenvalue weighted by Gasteiger charge is 2.12. The second-order valence-electron chi connectivity index (χ2n) is 3.68. The van der Waals surface area contributed by atoms with E-state index >= 15 is 0 Å². The topological polar surface area (TPSA) is 26.3 Å². The van der Waals surface area contributed by atoms with Gasteiger partial charge in [0.15, 0.2) is 5.78 Å². The molecule has 0 aromatic heterocycles. The average Bonchev–Trinajstić information content (AvgIpc) is 2.38. The summed E-state index contributed by atoms with van der Waals surface area (Å²) in [5.74, 6) is 0.721. The summed E-state index contributed by atoms with van der Waals surface area (Å²) in [6.07, 6.45) is 0. The van der Waals surface area contributed by atoms with Gasteiger partial charge in [-0.25, -0.2) is 0 Å². The second kappa shape index (κ2) is 5.67. The van der Waals surface area contributed by atoms with Crippen LogP contribution in [-0.4, -0.2) is 12.9 Å². The lowest BCUT2D eigenvalue weighted by Crippen LogP contribution is -2.02. The molecule has 2 nitrogen and oxygen atoms in total. The van der Waals surface area contributed by atoms with Gasteiger partial charge in [-0.05, 0) is 58.4 Å². The van der Waals surface area contributed by atoms with Crippen LogP contribution in [0.15, 0.2) is 51.4 Å². The van der Waals surface area contributed by atoms with E-state index < -0.39 is 0 Å². The number of methoxy groups -OCH3 is 1. The minimum absolute atomic E-state index is 0.0166. The van der Waals surface area contributed by atoms with Crippen LogP contribution in [0, 0.1) is 0 Å². The third-order valence-electron chi connectivity index (χ3n) is 2.53. The Morgan fingerprint density at radius 3 is 2.28 bits per heavy atom. The van der Waals surface area contributed by atoms with Gasteiger partial charge in [-0.3, -0.25) is 4.79 Å². The Kier molecular flexibility index (Phi) is 4.19. The normalized spacial score (nSPS) is 10.2. The molecule has 0 aliphatic heterocycles. The van der Waals surface area contributed by atoms with E-state index in [1.807, 2.05) is 12.1 Å². The number of halogens is 2. The van der Waals surface area contributed by atoms with E-state index in [0.717, 1.165) is 14.7 Å². The van der Waals surface area contributed by atoms with Gasteiger partial charge in [-0.1, -0.05) is 15.9 Å². The molecule has 4 heteroatoms. The van der Waals surface area contributed by atoms with Crippen molar-refractivity contribution in [2.75, 3.05) is 7.11 Å². The fraction of sp³-hybridized carbons (Fsp3) is 0.0714. The summed E-state index contributed by atoms with van der Waals surface area (Å²) in [6.45, 7) is 0. The van der Waals surface area contributed by atoms with E-state index in [0.29, 0.717) is 11.1 Å². The number of ether oxygens (including phenoxy) is 1. The summed E-state index contributed by atoms with van der Waals surface area (Å²) >= 11 is 6.76. The van der Waals surface area contributed by atoms with Gasteiger partial charge in [0.05, 0.1) is 7.11 Å². The van der Waals surface area contributed by atoms with Crippen molar-refractivity contribution in [3.8, 4) is 5.75 Å². The van der Waals surface area contributed by atoms with Crippen LogP contribution in [-0.2, 0) is 0 Å². The maximum atomic E-state index is 12.3. The first-order valence-electron chi connectivity index (χ1n) is 5.25. The van der Waals surface area contributed by atoms with Gasteiger partial charge in [0, 0.05) is 20.1 Å². The molecule has 0 amide bonds. The lowest BCUT2D eigenvalue weighted by molar-refractivity contribution is 0.103. The molecule has 92 valence electrons. The predicted octanol–water partition coefficient (Wildman–Crippen LogP) is 4.45. The van der Waals surface area contributed by atoms with Gasteiger partial charge in [0.25, 0.3) is 0 Å². The van der Waals surface area contributed by atoms with Crippen molar-refractivity contribution >= 4 is 37.6 Å². The fourth-order valence-electron chi connectivity index (χ4n) is 1.57. The SMILES string of the molecule is COc1ccc(C(=O)c2ccc(Br)cc2Br)cc1. The number of ketones is 1. The summed E-state index contributed by atoms with van der Waals surface area (Å²) in [7, 11) is 1.60. The van der Waals surface area contributed by atoms with Gasteiger partial charge in [0.1, 0.15) is 5.75 Å². The molecule has 18 heavy (non-hydrogen) atoms. The van der Waals surface area contributed by atoms with Crippen LogP contribution >= 0.6 is 31.9 Å². The first-order valence-corrected chi connectivity index (χ1v) is 6.84. The highest BCUT2D eigenvalue weighted by Crippen LogP contribution is 2.24. The smallest absolute Gasteiger partial charge is 0.194 e. The van der Waals surface area contributed by atoms with Crippen LogP contribution in [0.25, 0.3) is 0 Å². The van der Waals surface area contributed by atoms with Crippen LogP contribution in [0.5, 0.6) is 5.75 Å². The summed E-state index contributed by atoms with van der Waals surface area (Å²) in [4.78, 5) is 12.3. The zero-order valence-electron chi connectivity index (χ0n) is 9.61. The van der Waals surface area contributed by atoms with Gasteiger partial charge in [0.2, 0.25) is 0 Å². The average molecular weight is 370 g/mol. The van der Waals surface area contributed by atoms with Crippen LogP contribution in [0.3, 0.4) is 0 Å². The Labute approximate surface area is 122 Å². The number of hydrogen-bond acceptors (Lipinski definition) is 2. The molecule has 0 aliphatic rings. The lowest BCUT2D eigenvalue weighted by atomic mass is 10.0. The molecule has 0 unspecified atom stereocenters. The van der Waals surface area contributed by atoms with Crippen molar-refractivity contribution in [2.45, 2.75) is 0 Å². The summed E-state index contributed by atoms with van der Waals surface area (Å²) in [5, 5.41) is 0. The largest absolute Gasteiger partial charge is 0.497 e. The minimum atomic E-state index is -0.0166. The van der Waals surface area contributed by atoms with Crippen molar-refractivity contribution in [3.05, 3.63) is 62.5 Å². The Morgan fingerprint density at radius 2 is 1.72 bits per heavy atom. The van der Waals surface area contributed by atoms with Gasteiger partial charge >= 0.3 is 0 Å². The Morgan fingerprint density at radius 1 is 1.06 bits per heavy atom. The first-order chi connectivity index (χ1) is 8.61. The molecule has 0 fully saturated rings. The Hall–Kier alpha value is -1.13. The third-order valence-corrected chi connectivity index (χ3v) is 3.68. The molecular formula is C14H10Br2O2. The molecule has 2 rings (SSSR count). The van der Waals surface area contributed by atoms with Crippen molar-refractivity contribution in [1.29, 1.82) is 0 Å².